The maximum atomic E-state index is 5.37. The van der Waals surface area contributed by atoms with Gasteiger partial charge in [0, 0.05) is 18.5 Å². The third-order valence-corrected chi connectivity index (χ3v) is 5.12. The molecule has 90 valence electrons. The zero-order valence-corrected chi connectivity index (χ0v) is 11.9. The molecule has 0 saturated carbocycles. The summed E-state index contributed by atoms with van der Waals surface area (Å²) in [7, 11) is 0. The molecule has 0 aromatic rings. The Bertz CT molecular complexity index is 171. The van der Waals surface area contributed by atoms with Gasteiger partial charge in [-0.25, -0.2) is 0 Å². The predicted molar refractivity (Wildman–Crippen MR) is 73.1 cm³/mol. The summed E-state index contributed by atoms with van der Waals surface area (Å²) in [6.07, 6.45) is 2.46. The molecule has 0 spiro atoms. The van der Waals surface area contributed by atoms with Gasteiger partial charge in [-0.3, -0.25) is 0 Å². The topological polar surface area (TPSA) is 9.23 Å². The van der Waals surface area contributed by atoms with Crippen LogP contribution in [0.15, 0.2) is 0 Å². The molecule has 15 heavy (non-hydrogen) atoms. The number of hydrogen-bond acceptors (Lipinski definition) is 3. The van der Waals surface area contributed by atoms with Gasteiger partial charge in [-0.1, -0.05) is 20.8 Å². The van der Waals surface area contributed by atoms with Crippen LogP contribution in [0.3, 0.4) is 0 Å². The molecule has 1 unspecified atom stereocenters. The van der Waals surface area contributed by atoms with E-state index in [4.69, 9.17) is 4.74 Å². The number of thiol groups is 1. The number of rotatable bonds is 4. The van der Waals surface area contributed by atoms with E-state index in [1.165, 1.54) is 18.6 Å². The van der Waals surface area contributed by atoms with Crippen molar-refractivity contribution in [1.29, 1.82) is 0 Å². The number of hydrogen-bond donors (Lipinski definition) is 1. The molecular weight excluding hydrogens is 224 g/mol. The fraction of sp³-hybridized carbons (Fsp3) is 1.00. The van der Waals surface area contributed by atoms with Gasteiger partial charge in [0.25, 0.3) is 0 Å². The van der Waals surface area contributed by atoms with Crippen LogP contribution in [0.4, 0.5) is 0 Å². The van der Waals surface area contributed by atoms with E-state index in [0.29, 0.717) is 11.3 Å². The lowest BCUT2D eigenvalue weighted by atomic mass is 9.83. The van der Waals surface area contributed by atoms with Crippen molar-refractivity contribution in [3.8, 4) is 0 Å². The minimum absolute atomic E-state index is 0.389. The highest BCUT2D eigenvalue weighted by atomic mass is 32.2. The molecule has 3 heteroatoms. The fourth-order valence-electron chi connectivity index (χ4n) is 1.67. The summed E-state index contributed by atoms with van der Waals surface area (Å²) >= 11 is 6.60. The zero-order chi connectivity index (χ0) is 11.3. The van der Waals surface area contributed by atoms with Gasteiger partial charge in [0.1, 0.15) is 0 Å². The van der Waals surface area contributed by atoms with Crippen molar-refractivity contribution in [3.05, 3.63) is 0 Å². The molecule has 1 rings (SSSR count). The second kappa shape index (κ2) is 6.41. The molecule has 1 saturated heterocycles. The second-order valence-corrected chi connectivity index (χ2v) is 7.09. The first-order valence-corrected chi connectivity index (χ1v) is 7.52. The monoisotopic (exact) mass is 248 g/mol. The molecular formula is C12H24OS2. The highest BCUT2D eigenvalue weighted by Crippen LogP contribution is 2.33. The molecule has 0 bridgehead atoms. The van der Waals surface area contributed by atoms with Crippen molar-refractivity contribution in [2.24, 2.45) is 11.3 Å². The number of ether oxygens (including phenoxy) is 1. The van der Waals surface area contributed by atoms with Crippen LogP contribution in [-0.2, 0) is 4.74 Å². The van der Waals surface area contributed by atoms with Crippen LogP contribution < -0.4 is 0 Å². The summed E-state index contributed by atoms with van der Waals surface area (Å²) in [4.78, 5) is 0. The van der Waals surface area contributed by atoms with Gasteiger partial charge in [0.05, 0.1) is 0 Å². The molecule has 1 aliphatic heterocycles. The summed E-state index contributed by atoms with van der Waals surface area (Å²) in [5.41, 5.74) is 0.389. The summed E-state index contributed by atoms with van der Waals surface area (Å²) in [5, 5.41) is 0.823. The van der Waals surface area contributed by atoms with Gasteiger partial charge in [0.2, 0.25) is 0 Å². The standard InChI is InChI=1S/C12H24OS2/c1-12(2,3)10(8-14)9-15-11-4-6-13-7-5-11/h10-11,14H,4-9H2,1-3H3. The minimum Gasteiger partial charge on any atom is -0.381 e. The van der Waals surface area contributed by atoms with E-state index in [1.54, 1.807) is 0 Å². The van der Waals surface area contributed by atoms with Gasteiger partial charge >= 0.3 is 0 Å². The van der Waals surface area contributed by atoms with E-state index in [-0.39, 0.29) is 0 Å². The van der Waals surface area contributed by atoms with Crippen LogP contribution in [0.2, 0.25) is 0 Å². The van der Waals surface area contributed by atoms with E-state index in [1.807, 2.05) is 0 Å². The Labute approximate surface area is 104 Å². The van der Waals surface area contributed by atoms with Crippen LogP contribution in [0, 0.1) is 11.3 Å². The Morgan fingerprint density at radius 2 is 1.93 bits per heavy atom. The highest BCUT2D eigenvalue weighted by Gasteiger charge is 2.25. The first-order chi connectivity index (χ1) is 7.04. The fourth-order valence-corrected chi connectivity index (χ4v) is 4.17. The van der Waals surface area contributed by atoms with Crippen LogP contribution >= 0.6 is 24.4 Å². The molecule has 0 amide bonds. The third-order valence-electron chi connectivity index (χ3n) is 3.15. The van der Waals surface area contributed by atoms with E-state index in [9.17, 15) is 0 Å². The van der Waals surface area contributed by atoms with Crippen molar-refractivity contribution >= 4 is 24.4 Å². The molecule has 0 radical (unpaired) electrons. The third kappa shape index (κ3) is 5.01. The molecule has 1 aliphatic rings. The summed E-state index contributed by atoms with van der Waals surface area (Å²) in [5.74, 6) is 2.96. The Morgan fingerprint density at radius 1 is 1.33 bits per heavy atom. The summed E-state index contributed by atoms with van der Waals surface area (Å²) in [6, 6.07) is 0. The van der Waals surface area contributed by atoms with Gasteiger partial charge < -0.3 is 4.74 Å². The highest BCUT2D eigenvalue weighted by molar-refractivity contribution is 7.99. The van der Waals surface area contributed by atoms with Gasteiger partial charge in [-0.05, 0) is 35.7 Å². The van der Waals surface area contributed by atoms with Crippen LogP contribution in [0.1, 0.15) is 33.6 Å². The quantitative estimate of drug-likeness (QED) is 0.763. The van der Waals surface area contributed by atoms with Gasteiger partial charge in [-0.2, -0.15) is 24.4 Å². The van der Waals surface area contributed by atoms with Crippen molar-refractivity contribution in [2.45, 2.75) is 38.9 Å². The average Bonchev–Trinajstić information content (AvgIpc) is 2.18. The Morgan fingerprint density at radius 3 is 2.40 bits per heavy atom. The molecule has 0 aliphatic carbocycles. The molecule has 1 fully saturated rings. The minimum atomic E-state index is 0.389. The van der Waals surface area contributed by atoms with E-state index >= 15 is 0 Å². The van der Waals surface area contributed by atoms with Crippen molar-refractivity contribution in [1.82, 2.24) is 0 Å². The normalized spacial score (nSPS) is 21.6. The van der Waals surface area contributed by atoms with E-state index < -0.39 is 0 Å². The second-order valence-electron chi connectivity index (χ2n) is 5.39. The maximum absolute atomic E-state index is 5.37. The molecule has 1 heterocycles. The largest absolute Gasteiger partial charge is 0.381 e. The Balaban J connectivity index is 2.27. The SMILES string of the molecule is CC(C)(C)C(CS)CSC1CCOCC1. The van der Waals surface area contributed by atoms with Crippen LogP contribution in [0.5, 0.6) is 0 Å². The van der Waals surface area contributed by atoms with Gasteiger partial charge in [0.15, 0.2) is 0 Å². The average molecular weight is 248 g/mol. The Kier molecular flexibility index (Phi) is 5.86. The molecule has 0 aromatic heterocycles. The van der Waals surface area contributed by atoms with Crippen molar-refractivity contribution in [2.75, 3.05) is 24.7 Å². The van der Waals surface area contributed by atoms with Crippen molar-refractivity contribution < 1.29 is 4.74 Å². The lowest BCUT2D eigenvalue weighted by Gasteiger charge is -2.31. The predicted octanol–water partition coefficient (Wildman–Crippen LogP) is 3.49. The lowest BCUT2D eigenvalue weighted by molar-refractivity contribution is 0.0999. The summed E-state index contributed by atoms with van der Waals surface area (Å²) < 4.78 is 5.37. The van der Waals surface area contributed by atoms with Gasteiger partial charge in [-0.15, -0.1) is 0 Å². The molecule has 0 N–H and O–H groups in total. The zero-order valence-electron chi connectivity index (χ0n) is 10.2. The lowest BCUT2D eigenvalue weighted by Crippen LogP contribution is -2.26. The molecule has 1 atom stereocenters. The van der Waals surface area contributed by atoms with Crippen LogP contribution in [-0.4, -0.2) is 30.0 Å². The van der Waals surface area contributed by atoms with E-state index in [2.05, 4.69) is 45.2 Å². The Hall–Kier alpha value is 0.660. The van der Waals surface area contributed by atoms with Crippen molar-refractivity contribution in [3.63, 3.8) is 0 Å². The maximum Gasteiger partial charge on any atom is 0.0476 e. The number of thioether (sulfide) groups is 1. The first kappa shape index (κ1) is 13.7. The smallest absolute Gasteiger partial charge is 0.0476 e. The molecule has 0 aromatic carbocycles. The van der Waals surface area contributed by atoms with E-state index in [0.717, 1.165) is 24.2 Å². The first-order valence-electron chi connectivity index (χ1n) is 5.84. The summed E-state index contributed by atoms with van der Waals surface area (Å²) in [6.45, 7) is 8.87. The molecule has 1 nitrogen and oxygen atoms in total. The van der Waals surface area contributed by atoms with Crippen LogP contribution in [0.25, 0.3) is 0 Å².